The van der Waals surface area contributed by atoms with Crippen LogP contribution in [0.3, 0.4) is 0 Å². The van der Waals surface area contributed by atoms with Gasteiger partial charge in [0.1, 0.15) is 12.3 Å². The van der Waals surface area contributed by atoms with Crippen LogP contribution in [0.15, 0.2) is 48.5 Å². The predicted molar refractivity (Wildman–Crippen MR) is 142 cm³/mol. The number of phenolic OH excluding ortho intramolecular Hbond substituents is 1. The van der Waals surface area contributed by atoms with Gasteiger partial charge in [0.15, 0.2) is 6.10 Å². The number of phenols is 1. The van der Waals surface area contributed by atoms with E-state index in [2.05, 4.69) is 26.1 Å². The largest absolute Gasteiger partial charge is 0.508 e. The molecule has 0 saturated heterocycles. The van der Waals surface area contributed by atoms with Crippen molar-refractivity contribution in [3.63, 3.8) is 0 Å². The number of rotatable bonds is 11. The van der Waals surface area contributed by atoms with Crippen molar-refractivity contribution in [1.29, 1.82) is 0 Å². The lowest BCUT2D eigenvalue weighted by molar-refractivity contribution is -0.148. The van der Waals surface area contributed by atoms with Gasteiger partial charge in [-0.25, -0.2) is 8.78 Å². The molecule has 0 aliphatic rings. The summed E-state index contributed by atoms with van der Waals surface area (Å²) in [6.45, 7) is 3.71. The van der Waals surface area contributed by atoms with Gasteiger partial charge < -0.3 is 25.7 Å². The zero-order valence-electron chi connectivity index (χ0n) is 23.2. The summed E-state index contributed by atoms with van der Waals surface area (Å²) in [6, 6.07) is 11.0. The summed E-state index contributed by atoms with van der Waals surface area (Å²) in [7, 11) is 0. The molecule has 0 aromatic heterocycles. The van der Waals surface area contributed by atoms with Gasteiger partial charge in [-0.15, -0.1) is 0 Å². The molecule has 4 N–H and O–H groups in total. The second kappa shape index (κ2) is 16.5. The molecule has 0 radical (unpaired) electrons. The second-order valence-electron chi connectivity index (χ2n) is 9.90. The molecule has 0 aliphatic heterocycles. The van der Waals surface area contributed by atoms with E-state index in [9.17, 15) is 46.5 Å². The van der Waals surface area contributed by atoms with Crippen LogP contribution in [0.2, 0.25) is 0 Å². The molecule has 0 heterocycles. The number of aliphatic hydroxyl groups is 1. The number of carbonyl (C=O) groups is 3. The number of benzene rings is 2. The summed E-state index contributed by atoms with van der Waals surface area (Å²) in [5.41, 5.74) is 0.782. The Kier molecular flexibility index (Phi) is 14.2. The monoisotopic (exact) mass is 589 g/mol. The number of alkyl halides is 5. The number of hydrogen-bond donors (Lipinski definition) is 4. The fourth-order valence-electron chi connectivity index (χ4n) is 3.41. The summed E-state index contributed by atoms with van der Waals surface area (Å²) in [4.78, 5) is 37.9. The number of aliphatic hydroxyl groups excluding tert-OH is 1. The third kappa shape index (κ3) is 13.4. The Bertz CT molecular complexity index is 1130. The first kappa shape index (κ1) is 35.3. The van der Waals surface area contributed by atoms with Crippen LogP contribution in [0.25, 0.3) is 0 Å². The van der Waals surface area contributed by atoms with Gasteiger partial charge in [-0.05, 0) is 37.0 Å². The van der Waals surface area contributed by atoms with Crippen LogP contribution in [0.1, 0.15) is 42.3 Å². The minimum atomic E-state index is -4.76. The second-order valence-corrected chi connectivity index (χ2v) is 9.90. The number of halogens is 5. The molecule has 2 unspecified atom stereocenters. The summed E-state index contributed by atoms with van der Waals surface area (Å²) in [6.07, 6.45) is -10.2. The van der Waals surface area contributed by atoms with Crippen LogP contribution in [0.4, 0.5) is 22.0 Å². The first-order valence-electron chi connectivity index (χ1n) is 12.7. The van der Waals surface area contributed by atoms with Crippen molar-refractivity contribution in [2.24, 2.45) is 5.92 Å². The molecule has 3 amide bonds. The number of hydrogen-bond acceptors (Lipinski definition) is 5. The number of amides is 3. The summed E-state index contributed by atoms with van der Waals surface area (Å²) in [5.74, 6) is -2.89. The van der Waals surface area contributed by atoms with Gasteiger partial charge in [0.05, 0.1) is 19.1 Å². The van der Waals surface area contributed by atoms with Crippen molar-refractivity contribution in [2.45, 2.75) is 58.9 Å². The highest BCUT2D eigenvalue weighted by Crippen LogP contribution is 2.20. The zero-order valence-corrected chi connectivity index (χ0v) is 23.2. The molecule has 2 atom stereocenters. The van der Waals surface area contributed by atoms with E-state index in [-0.39, 0.29) is 28.2 Å². The van der Waals surface area contributed by atoms with Crippen molar-refractivity contribution < 1.29 is 46.5 Å². The van der Waals surface area contributed by atoms with Crippen LogP contribution in [0.5, 0.6) is 5.75 Å². The standard InChI is InChI=1S/C24H26F5N3O5.C4H10/c1-14-16(8-5-9-18(14)33)22(36)31-17(10-15-6-3-2-4-7-15)21(35)23(37)32(11-19(25)26)12-20(34)30-13-24(27,28)29;1-4(2)3/h2-9,17,19,21,33,35H,10-13H2,1H3,(H,30,34)(H,31,36);4H,1-3H3. The number of carbonyl (C=O) groups excluding carboxylic acids is 3. The van der Waals surface area contributed by atoms with Gasteiger partial charge in [0.2, 0.25) is 5.91 Å². The Morgan fingerprint density at radius 3 is 2.10 bits per heavy atom. The Morgan fingerprint density at radius 1 is 0.976 bits per heavy atom. The van der Waals surface area contributed by atoms with E-state index in [1.165, 1.54) is 30.4 Å². The van der Waals surface area contributed by atoms with E-state index in [4.69, 9.17) is 0 Å². The van der Waals surface area contributed by atoms with E-state index in [1.807, 2.05) is 0 Å². The van der Waals surface area contributed by atoms with E-state index in [0.29, 0.717) is 5.56 Å². The Labute approximate surface area is 235 Å². The molecular formula is C28H36F5N3O5. The minimum absolute atomic E-state index is 0.0219. The zero-order chi connectivity index (χ0) is 31.3. The van der Waals surface area contributed by atoms with E-state index in [1.54, 1.807) is 30.3 Å². The summed E-state index contributed by atoms with van der Waals surface area (Å²) in [5, 5.41) is 24.6. The first-order chi connectivity index (χ1) is 19.0. The minimum Gasteiger partial charge on any atom is -0.508 e. The highest BCUT2D eigenvalue weighted by molar-refractivity contribution is 5.97. The van der Waals surface area contributed by atoms with Crippen LogP contribution < -0.4 is 10.6 Å². The van der Waals surface area contributed by atoms with Crippen molar-refractivity contribution in [1.82, 2.24) is 15.5 Å². The van der Waals surface area contributed by atoms with Crippen LogP contribution in [-0.2, 0) is 16.0 Å². The van der Waals surface area contributed by atoms with Crippen molar-refractivity contribution in [3.05, 3.63) is 65.2 Å². The van der Waals surface area contributed by atoms with E-state index >= 15 is 0 Å². The molecule has 0 aliphatic carbocycles. The van der Waals surface area contributed by atoms with Crippen LogP contribution in [0, 0.1) is 12.8 Å². The summed E-state index contributed by atoms with van der Waals surface area (Å²) < 4.78 is 63.3. The Morgan fingerprint density at radius 2 is 1.56 bits per heavy atom. The van der Waals surface area contributed by atoms with Gasteiger partial charge >= 0.3 is 6.18 Å². The summed E-state index contributed by atoms with van der Waals surface area (Å²) >= 11 is 0. The SMILES string of the molecule is CC(C)C.Cc1c(O)cccc1C(=O)NC(Cc1ccccc1)C(O)C(=O)N(CC(=O)NCC(F)(F)F)CC(F)F. The van der Waals surface area contributed by atoms with Gasteiger partial charge in [0.25, 0.3) is 18.2 Å². The first-order valence-corrected chi connectivity index (χ1v) is 12.7. The third-order valence-corrected chi connectivity index (χ3v) is 5.29. The van der Waals surface area contributed by atoms with E-state index in [0.717, 1.165) is 5.92 Å². The number of nitrogens with zero attached hydrogens (tertiary/aromatic N) is 1. The molecule has 2 aromatic rings. The van der Waals surface area contributed by atoms with Crippen molar-refractivity contribution in [2.75, 3.05) is 19.6 Å². The fourth-order valence-corrected chi connectivity index (χ4v) is 3.41. The fraction of sp³-hybridized carbons (Fsp3) is 0.464. The molecular weight excluding hydrogens is 553 g/mol. The number of nitrogens with one attached hydrogen (secondary N) is 2. The maximum absolute atomic E-state index is 13.1. The lowest BCUT2D eigenvalue weighted by Gasteiger charge is -2.29. The average Bonchev–Trinajstić information content (AvgIpc) is 2.87. The Hall–Kier alpha value is -3.74. The molecule has 0 bridgehead atoms. The quantitative estimate of drug-likeness (QED) is 0.297. The van der Waals surface area contributed by atoms with Crippen molar-refractivity contribution in [3.8, 4) is 5.75 Å². The van der Waals surface area contributed by atoms with Crippen LogP contribution >= 0.6 is 0 Å². The highest BCUT2D eigenvalue weighted by Gasteiger charge is 2.34. The normalized spacial score (nSPS) is 12.7. The maximum atomic E-state index is 13.1. The average molecular weight is 590 g/mol. The molecule has 8 nitrogen and oxygen atoms in total. The molecule has 0 spiro atoms. The Balaban J connectivity index is 0.00000196. The van der Waals surface area contributed by atoms with Gasteiger partial charge in [0, 0.05) is 11.1 Å². The molecule has 0 saturated carbocycles. The lowest BCUT2D eigenvalue weighted by atomic mass is 9.99. The van der Waals surface area contributed by atoms with Crippen LogP contribution in [-0.4, -0.2) is 77.2 Å². The highest BCUT2D eigenvalue weighted by atomic mass is 19.4. The molecule has 0 fully saturated rings. The van der Waals surface area contributed by atoms with E-state index < -0.39 is 62.1 Å². The molecule has 2 rings (SSSR count). The van der Waals surface area contributed by atoms with Gasteiger partial charge in [-0.3, -0.25) is 14.4 Å². The maximum Gasteiger partial charge on any atom is 0.405 e. The number of aromatic hydroxyl groups is 1. The molecule has 41 heavy (non-hydrogen) atoms. The molecule has 228 valence electrons. The smallest absolute Gasteiger partial charge is 0.405 e. The molecule has 2 aromatic carbocycles. The lowest BCUT2D eigenvalue weighted by Crippen LogP contribution is -2.55. The van der Waals surface area contributed by atoms with Gasteiger partial charge in [-0.2, -0.15) is 13.2 Å². The molecule has 13 heteroatoms. The third-order valence-electron chi connectivity index (χ3n) is 5.29. The van der Waals surface area contributed by atoms with Crippen molar-refractivity contribution >= 4 is 17.7 Å². The van der Waals surface area contributed by atoms with Gasteiger partial charge in [-0.1, -0.05) is 57.2 Å². The topological polar surface area (TPSA) is 119 Å². The predicted octanol–water partition coefficient (Wildman–Crippen LogP) is 3.84.